The molecule has 3 nitrogen and oxygen atoms in total. The molecule has 0 N–H and O–H groups in total. The summed E-state index contributed by atoms with van der Waals surface area (Å²) in [5.41, 5.74) is 2.73. The minimum Gasteiger partial charge on any atom is -0.497 e. The van der Waals surface area contributed by atoms with Crippen molar-refractivity contribution in [2.45, 2.75) is 17.8 Å². The Balaban J connectivity index is 1.96. The highest BCUT2D eigenvalue weighted by Gasteiger charge is 2.48. The Morgan fingerprint density at radius 2 is 1.91 bits per heavy atom. The van der Waals surface area contributed by atoms with Crippen molar-refractivity contribution >= 4 is 23.2 Å². The average molecular weight is 328 g/mol. The van der Waals surface area contributed by atoms with Gasteiger partial charge in [-0.1, -0.05) is 36.4 Å². The largest absolute Gasteiger partial charge is 0.497 e. The van der Waals surface area contributed by atoms with Crippen LogP contribution in [0.1, 0.15) is 17.5 Å². The van der Waals surface area contributed by atoms with Gasteiger partial charge in [-0.25, -0.2) is 0 Å². The zero-order valence-electron chi connectivity index (χ0n) is 13.0. The molecule has 0 spiro atoms. The van der Waals surface area contributed by atoms with Crippen LogP contribution in [0.2, 0.25) is 0 Å². The highest BCUT2D eigenvalue weighted by atomic mass is 35.5. The molecule has 3 rings (SSSR count). The first-order valence-corrected chi connectivity index (χ1v) is 7.82. The van der Waals surface area contributed by atoms with E-state index in [-0.39, 0.29) is 5.91 Å². The topological polar surface area (TPSA) is 29.5 Å². The molecule has 1 aliphatic rings. The number of allylic oxidation sites excluding steroid dienone is 1. The summed E-state index contributed by atoms with van der Waals surface area (Å²) in [4.78, 5) is 13.6. The van der Waals surface area contributed by atoms with Crippen LogP contribution in [0.5, 0.6) is 5.75 Å². The highest BCUT2D eigenvalue weighted by molar-refractivity contribution is 6.39. The van der Waals surface area contributed by atoms with Crippen LogP contribution < -0.4 is 9.64 Å². The molecule has 1 heterocycles. The van der Waals surface area contributed by atoms with E-state index in [4.69, 9.17) is 16.3 Å². The van der Waals surface area contributed by atoms with E-state index in [0.717, 1.165) is 22.6 Å². The molecule has 2 aromatic carbocycles. The number of amides is 1. The number of alkyl halides is 1. The number of benzene rings is 2. The summed E-state index contributed by atoms with van der Waals surface area (Å²) in [5, 5.41) is 0. The predicted octanol–water partition coefficient (Wildman–Crippen LogP) is 4.25. The van der Waals surface area contributed by atoms with Crippen LogP contribution in [-0.2, 0) is 16.2 Å². The SMILES string of the molecule is C=CCC1(Cl)C(=O)N(Cc2ccc(OC)cc2)c2ccccc21. The van der Waals surface area contributed by atoms with Gasteiger partial charge in [-0.2, -0.15) is 0 Å². The lowest BCUT2D eigenvalue weighted by atomic mass is 9.96. The molecule has 118 valence electrons. The number of ether oxygens (including phenoxy) is 1. The Kier molecular flexibility index (Phi) is 4.14. The maximum absolute atomic E-state index is 12.9. The quantitative estimate of drug-likeness (QED) is 0.607. The summed E-state index contributed by atoms with van der Waals surface area (Å²) < 4.78 is 5.17. The van der Waals surface area contributed by atoms with E-state index < -0.39 is 4.87 Å². The monoisotopic (exact) mass is 327 g/mol. The normalized spacial score (nSPS) is 19.6. The standard InChI is InChI=1S/C19H18ClNO2/c1-3-12-19(20)16-6-4-5-7-17(16)21(18(19)22)13-14-8-10-15(23-2)11-9-14/h3-11H,1,12-13H2,2H3. The number of nitrogens with zero attached hydrogens (tertiary/aromatic N) is 1. The van der Waals surface area contributed by atoms with Crippen molar-refractivity contribution in [3.63, 3.8) is 0 Å². The van der Waals surface area contributed by atoms with Gasteiger partial charge in [-0.05, 0) is 30.2 Å². The third-order valence-electron chi connectivity index (χ3n) is 4.13. The van der Waals surface area contributed by atoms with Crippen molar-refractivity contribution in [3.05, 3.63) is 72.3 Å². The molecule has 1 unspecified atom stereocenters. The van der Waals surface area contributed by atoms with Crippen molar-refractivity contribution in [2.24, 2.45) is 0 Å². The lowest BCUT2D eigenvalue weighted by molar-refractivity contribution is -0.120. The molecule has 1 amide bonds. The Morgan fingerprint density at radius 1 is 1.22 bits per heavy atom. The number of carbonyl (C=O) groups is 1. The zero-order valence-corrected chi connectivity index (χ0v) is 13.7. The van der Waals surface area contributed by atoms with E-state index in [2.05, 4.69) is 6.58 Å². The van der Waals surface area contributed by atoms with E-state index in [1.165, 1.54) is 0 Å². The molecule has 0 bridgehead atoms. The number of carbonyl (C=O) groups excluding carboxylic acids is 1. The molecule has 0 saturated carbocycles. The maximum Gasteiger partial charge on any atom is 0.253 e. The van der Waals surface area contributed by atoms with E-state index >= 15 is 0 Å². The van der Waals surface area contributed by atoms with Gasteiger partial charge in [0.1, 0.15) is 5.75 Å². The summed E-state index contributed by atoms with van der Waals surface area (Å²) in [5.74, 6) is 0.691. The van der Waals surface area contributed by atoms with Crippen molar-refractivity contribution in [2.75, 3.05) is 12.0 Å². The summed E-state index contributed by atoms with van der Waals surface area (Å²) in [7, 11) is 1.63. The second-order valence-electron chi connectivity index (χ2n) is 5.55. The third-order valence-corrected chi connectivity index (χ3v) is 4.65. The van der Waals surface area contributed by atoms with Crippen molar-refractivity contribution < 1.29 is 9.53 Å². The Hall–Kier alpha value is -2.26. The van der Waals surface area contributed by atoms with Crippen LogP contribution in [0.25, 0.3) is 0 Å². The van der Waals surface area contributed by atoms with Crippen LogP contribution in [0, 0.1) is 0 Å². The summed E-state index contributed by atoms with van der Waals surface area (Å²) in [6.07, 6.45) is 2.10. The lowest BCUT2D eigenvalue weighted by Crippen LogP contribution is -2.35. The van der Waals surface area contributed by atoms with Crippen molar-refractivity contribution in [1.29, 1.82) is 0 Å². The number of hydrogen-bond acceptors (Lipinski definition) is 2. The summed E-state index contributed by atoms with van der Waals surface area (Å²) >= 11 is 6.68. The summed E-state index contributed by atoms with van der Waals surface area (Å²) in [6.45, 7) is 4.21. The second-order valence-corrected chi connectivity index (χ2v) is 6.20. The van der Waals surface area contributed by atoms with E-state index in [1.54, 1.807) is 18.1 Å². The van der Waals surface area contributed by atoms with E-state index in [1.807, 2.05) is 48.5 Å². The number of halogens is 1. The second kappa shape index (κ2) is 6.09. The van der Waals surface area contributed by atoms with Crippen LogP contribution in [0.15, 0.2) is 61.2 Å². The van der Waals surface area contributed by atoms with Crippen LogP contribution in [0.3, 0.4) is 0 Å². The smallest absolute Gasteiger partial charge is 0.253 e. The number of rotatable bonds is 5. The van der Waals surface area contributed by atoms with Gasteiger partial charge in [0.2, 0.25) is 0 Å². The maximum atomic E-state index is 12.9. The Bertz CT molecular complexity index is 741. The van der Waals surface area contributed by atoms with Gasteiger partial charge < -0.3 is 9.64 Å². The van der Waals surface area contributed by atoms with Crippen LogP contribution in [0.4, 0.5) is 5.69 Å². The Labute approximate surface area is 141 Å². The minimum atomic E-state index is -1.05. The number of hydrogen-bond donors (Lipinski definition) is 0. The van der Waals surface area contributed by atoms with Crippen LogP contribution >= 0.6 is 11.6 Å². The minimum absolute atomic E-state index is 0.101. The molecule has 0 radical (unpaired) electrons. The molecule has 4 heteroatoms. The van der Waals surface area contributed by atoms with Crippen molar-refractivity contribution in [3.8, 4) is 5.75 Å². The molecule has 1 aliphatic heterocycles. The van der Waals surface area contributed by atoms with Gasteiger partial charge in [0, 0.05) is 11.3 Å². The highest BCUT2D eigenvalue weighted by Crippen LogP contribution is 2.47. The number of methoxy groups -OCH3 is 1. The zero-order chi connectivity index (χ0) is 16.4. The van der Waals surface area contributed by atoms with Gasteiger partial charge >= 0.3 is 0 Å². The first kappa shape index (κ1) is 15.6. The molecule has 0 aliphatic carbocycles. The van der Waals surface area contributed by atoms with Crippen molar-refractivity contribution in [1.82, 2.24) is 0 Å². The molecule has 2 aromatic rings. The number of anilines is 1. The fourth-order valence-corrected chi connectivity index (χ4v) is 3.32. The Morgan fingerprint density at radius 3 is 2.57 bits per heavy atom. The molecular weight excluding hydrogens is 310 g/mol. The number of fused-ring (bicyclic) bond motifs is 1. The number of para-hydroxylation sites is 1. The van der Waals surface area contributed by atoms with Gasteiger partial charge in [-0.3, -0.25) is 4.79 Å². The van der Waals surface area contributed by atoms with Gasteiger partial charge in [0.25, 0.3) is 5.91 Å². The molecule has 0 fully saturated rings. The summed E-state index contributed by atoms with van der Waals surface area (Å²) in [6, 6.07) is 15.4. The average Bonchev–Trinajstić information content (AvgIpc) is 2.78. The lowest BCUT2D eigenvalue weighted by Gasteiger charge is -2.21. The van der Waals surface area contributed by atoms with E-state index in [9.17, 15) is 4.79 Å². The van der Waals surface area contributed by atoms with Crippen LogP contribution in [-0.4, -0.2) is 13.0 Å². The molecule has 1 atom stereocenters. The fourth-order valence-electron chi connectivity index (χ4n) is 2.95. The third kappa shape index (κ3) is 2.62. The first-order valence-electron chi connectivity index (χ1n) is 7.44. The van der Waals surface area contributed by atoms with E-state index in [0.29, 0.717) is 13.0 Å². The molecule has 23 heavy (non-hydrogen) atoms. The molecular formula is C19H18ClNO2. The predicted molar refractivity (Wildman–Crippen MR) is 93.0 cm³/mol. The van der Waals surface area contributed by atoms with Gasteiger partial charge in [0.15, 0.2) is 4.87 Å². The molecule has 0 aromatic heterocycles. The first-order chi connectivity index (χ1) is 11.1. The molecule has 0 saturated heterocycles. The van der Waals surface area contributed by atoms with Gasteiger partial charge in [0.05, 0.1) is 13.7 Å². The van der Waals surface area contributed by atoms with Gasteiger partial charge in [-0.15, -0.1) is 18.2 Å². The fraction of sp³-hybridized carbons (Fsp3) is 0.211.